The van der Waals surface area contributed by atoms with E-state index in [1.165, 1.54) is 0 Å². The Hall–Kier alpha value is -3.61. The number of anilines is 1. The van der Waals surface area contributed by atoms with Gasteiger partial charge in [-0.3, -0.25) is 14.2 Å². The lowest BCUT2D eigenvalue weighted by atomic mass is 9.99. The van der Waals surface area contributed by atoms with Crippen LogP contribution in [0.25, 0.3) is 21.9 Å². The molecule has 1 amide bonds. The molecule has 4 rings (SSSR count). The average molecular weight is 361 g/mol. The summed E-state index contributed by atoms with van der Waals surface area (Å²) in [5, 5.41) is 13.2. The van der Waals surface area contributed by atoms with E-state index in [2.05, 4.69) is 15.5 Å². The number of hydrogen-bond acceptors (Lipinski definition) is 4. The molecule has 2 aromatic heterocycles. The van der Waals surface area contributed by atoms with Gasteiger partial charge in [0.2, 0.25) is 0 Å². The largest absolute Gasteiger partial charge is 0.483 e. The van der Waals surface area contributed by atoms with Crippen LogP contribution in [0.2, 0.25) is 0 Å². The van der Waals surface area contributed by atoms with Crippen LogP contribution in [-0.4, -0.2) is 32.1 Å². The van der Waals surface area contributed by atoms with Crippen molar-refractivity contribution in [1.82, 2.24) is 19.6 Å². The van der Waals surface area contributed by atoms with Gasteiger partial charge in [-0.05, 0) is 16.8 Å². The zero-order chi connectivity index (χ0) is 18.8. The zero-order valence-electron chi connectivity index (χ0n) is 15.1. The standard InChI is InChI=1S/C20H19N5O2/c1-24-11-15(9-21-24)20-17-6-4-3-5-14(17)7-8-18(20)27-13-19(26)23-16-10-22-25(2)12-16/h3-12H,13H2,1-2H3,(H,23,26). The van der Waals surface area contributed by atoms with Crippen molar-refractivity contribution in [3.8, 4) is 16.9 Å². The minimum atomic E-state index is -0.242. The summed E-state index contributed by atoms with van der Waals surface area (Å²) in [7, 11) is 3.66. The molecule has 27 heavy (non-hydrogen) atoms. The lowest BCUT2D eigenvalue weighted by Crippen LogP contribution is -2.20. The summed E-state index contributed by atoms with van der Waals surface area (Å²) in [5.41, 5.74) is 2.50. The van der Waals surface area contributed by atoms with Crippen molar-refractivity contribution in [2.75, 3.05) is 11.9 Å². The molecule has 0 spiro atoms. The fourth-order valence-corrected chi connectivity index (χ4v) is 3.05. The van der Waals surface area contributed by atoms with Gasteiger partial charge < -0.3 is 10.1 Å². The molecule has 0 saturated carbocycles. The maximum absolute atomic E-state index is 12.2. The Labute approximate surface area is 156 Å². The fraction of sp³-hybridized carbons (Fsp3) is 0.150. The van der Waals surface area contributed by atoms with Crippen molar-refractivity contribution in [1.29, 1.82) is 0 Å². The van der Waals surface area contributed by atoms with E-state index in [1.54, 1.807) is 35.0 Å². The van der Waals surface area contributed by atoms with Crippen molar-refractivity contribution in [3.63, 3.8) is 0 Å². The van der Waals surface area contributed by atoms with Gasteiger partial charge in [-0.25, -0.2) is 0 Å². The Morgan fingerprint density at radius 1 is 1.04 bits per heavy atom. The molecule has 4 aromatic rings. The third kappa shape index (κ3) is 3.52. The van der Waals surface area contributed by atoms with E-state index in [0.29, 0.717) is 11.4 Å². The average Bonchev–Trinajstić information content (AvgIpc) is 3.27. The summed E-state index contributed by atoms with van der Waals surface area (Å²) < 4.78 is 9.24. The molecule has 0 radical (unpaired) electrons. The fourth-order valence-electron chi connectivity index (χ4n) is 3.05. The first-order valence-electron chi connectivity index (χ1n) is 8.52. The van der Waals surface area contributed by atoms with Gasteiger partial charge in [-0.15, -0.1) is 0 Å². The molecule has 0 fully saturated rings. The summed E-state index contributed by atoms with van der Waals surface area (Å²) in [6, 6.07) is 12.0. The second-order valence-corrected chi connectivity index (χ2v) is 6.30. The molecule has 7 heteroatoms. The molecular weight excluding hydrogens is 342 g/mol. The lowest BCUT2D eigenvalue weighted by Gasteiger charge is -2.13. The molecule has 2 aromatic carbocycles. The van der Waals surface area contributed by atoms with Crippen LogP contribution in [0.15, 0.2) is 61.2 Å². The van der Waals surface area contributed by atoms with Crippen LogP contribution in [-0.2, 0) is 18.9 Å². The van der Waals surface area contributed by atoms with Crippen molar-refractivity contribution >= 4 is 22.4 Å². The van der Waals surface area contributed by atoms with Crippen LogP contribution in [0.5, 0.6) is 5.75 Å². The second kappa shape index (κ2) is 6.95. The highest BCUT2D eigenvalue weighted by Crippen LogP contribution is 2.36. The Morgan fingerprint density at radius 2 is 1.81 bits per heavy atom. The SMILES string of the molecule is Cn1cc(NC(=O)COc2ccc3ccccc3c2-c2cnn(C)c2)cn1. The number of aromatic nitrogens is 4. The van der Waals surface area contributed by atoms with Crippen molar-refractivity contribution in [2.45, 2.75) is 0 Å². The minimum absolute atomic E-state index is 0.0967. The van der Waals surface area contributed by atoms with E-state index < -0.39 is 0 Å². The molecule has 136 valence electrons. The van der Waals surface area contributed by atoms with Crippen LogP contribution in [0.1, 0.15) is 0 Å². The van der Waals surface area contributed by atoms with Crippen LogP contribution >= 0.6 is 0 Å². The third-order valence-corrected chi connectivity index (χ3v) is 4.23. The number of nitrogens with one attached hydrogen (secondary N) is 1. The number of hydrogen-bond donors (Lipinski definition) is 1. The molecule has 0 unspecified atom stereocenters. The van der Waals surface area contributed by atoms with Gasteiger partial charge >= 0.3 is 0 Å². The van der Waals surface area contributed by atoms with E-state index in [4.69, 9.17) is 4.74 Å². The highest BCUT2D eigenvalue weighted by Gasteiger charge is 2.14. The van der Waals surface area contributed by atoms with E-state index in [0.717, 1.165) is 21.9 Å². The Kier molecular flexibility index (Phi) is 4.33. The number of carbonyl (C=O) groups is 1. The van der Waals surface area contributed by atoms with E-state index >= 15 is 0 Å². The quantitative estimate of drug-likeness (QED) is 0.593. The van der Waals surface area contributed by atoms with Gasteiger partial charge in [0.05, 0.1) is 18.1 Å². The second-order valence-electron chi connectivity index (χ2n) is 6.30. The van der Waals surface area contributed by atoms with Crippen molar-refractivity contribution < 1.29 is 9.53 Å². The smallest absolute Gasteiger partial charge is 0.262 e. The zero-order valence-corrected chi connectivity index (χ0v) is 15.1. The molecule has 0 bridgehead atoms. The molecular formula is C20H19N5O2. The molecule has 7 nitrogen and oxygen atoms in total. The summed E-state index contributed by atoms with van der Waals surface area (Å²) in [4.78, 5) is 12.2. The Balaban J connectivity index is 1.62. The molecule has 0 atom stereocenters. The predicted octanol–water partition coefficient (Wildman–Crippen LogP) is 2.99. The highest BCUT2D eigenvalue weighted by molar-refractivity contribution is 6.00. The number of carbonyl (C=O) groups excluding carboxylic acids is 1. The molecule has 0 aliphatic carbocycles. The molecule has 2 heterocycles. The molecule has 0 aliphatic rings. The van der Waals surface area contributed by atoms with E-state index in [9.17, 15) is 4.79 Å². The lowest BCUT2D eigenvalue weighted by molar-refractivity contribution is -0.118. The Morgan fingerprint density at radius 3 is 2.56 bits per heavy atom. The maximum Gasteiger partial charge on any atom is 0.262 e. The maximum atomic E-state index is 12.2. The topological polar surface area (TPSA) is 74.0 Å². The number of amides is 1. The van der Waals surface area contributed by atoms with Crippen LogP contribution in [0.4, 0.5) is 5.69 Å². The van der Waals surface area contributed by atoms with Crippen LogP contribution < -0.4 is 10.1 Å². The molecule has 0 aliphatic heterocycles. The van der Waals surface area contributed by atoms with Gasteiger partial charge in [-0.2, -0.15) is 10.2 Å². The highest BCUT2D eigenvalue weighted by atomic mass is 16.5. The molecule has 0 saturated heterocycles. The number of aryl methyl sites for hydroxylation is 2. The van der Waals surface area contributed by atoms with Crippen molar-refractivity contribution in [2.24, 2.45) is 14.1 Å². The van der Waals surface area contributed by atoms with Gasteiger partial charge in [0.15, 0.2) is 6.61 Å². The first kappa shape index (κ1) is 16.8. The predicted molar refractivity (Wildman–Crippen MR) is 103 cm³/mol. The number of rotatable bonds is 5. The number of benzene rings is 2. The Bertz CT molecular complexity index is 1110. The normalized spacial score (nSPS) is 10.9. The minimum Gasteiger partial charge on any atom is -0.483 e. The summed E-state index contributed by atoms with van der Waals surface area (Å²) in [5.74, 6) is 0.399. The summed E-state index contributed by atoms with van der Waals surface area (Å²) >= 11 is 0. The van der Waals surface area contributed by atoms with Gasteiger partial charge in [-0.1, -0.05) is 30.3 Å². The van der Waals surface area contributed by atoms with Crippen molar-refractivity contribution in [3.05, 3.63) is 61.2 Å². The number of ether oxygens (including phenoxy) is 1. The first-order valence-corrected chi connectivity index (χ1v) is 8.52. The van der Waals surface area contributed by atoms with E-state index in [1.807, 2.05) is 49.6 Å². The first-order chi connectivity index (χ1) is 13.1. The number of fused-ring (bicyclic) bond motifs is 1. The van der Waals surface area contributed by atoms with E-state index in [-0.39, 0.29) is 12.5 Å². The summed E-state index contributed by atoms with van der Waals surface area (Å²) in [6.07, 6.45) is 7.05. The van der Waals surface area contributed by atoms with Crippen LogP contribution in [0.3, 0.4) is 0 Å². The van der Waals surface area contributed by atoms with Gasteiger partial charge in [0.25, 0.3) is 5.91 Å². The third-order valence-electron chi connectivity index (χ3n) is 4.23. The summed E-state index contributed by atoms with van der Waals surface area (Å²) in [6.45, 7) is -0.0967. The van der Waals surface area contributed by atoms with Crippen LogP contribution in [0, 0.1) is 0 Å². The number of nitrogens with zero attached hydrogens (tertiary/aromatic N) is 4. The monoisotopic (exact) mass is 361 g/mol. The van der Waals surface area contributed by atoms with Gasteiger partial charge in [0, 0.05) is 37.6 Å². The van der Waals surface area contributed by atoms with Gasteiger partial charge in [0.1, 0.15) is 5.75 Å². The molecule has 1 N–H and O–H groups in total.